The number of hydrogen-bond donors (Lipinski definition) is 1. The van der Waals surface area contributed by atoms with Crippen LogP contribution in [0.3, 0.4) is 0 Å². The topological polar surface area (TPSA) is 96.0 Å². The van der Waals surface area contributed by atoms with E-state index in [-0.39, 0.29) is 29.1 Å². The van der Waals surface area contributed by atoms with E-state index in [1.54, 1.807) is 25.1 Å². The molecule has 0 radical (unpaired) electrons. The van der Waals surface area contributed by atoms with Gasteiger partial charge in [0.15, 0.2) is 0 Å². The summed E-state index contributed by atoms with van der Waals surface area (Å²) < 4.78 is 33.9. The second-order valence-electron chi connectivity index (χ2n) is 9.41. The molecule has 0 spiro atoms. The molecule has 0 aliphatic heterocycles. The van der Waals surface area contributed by atoms with Gasteiger partial charge in [0.1, 0.15) is 18.3 Å². The molecule has 41 heavy (non-hydrogen) atoms. The van der Waals surface area contributed by atoms with Gasteiger partial charge in [-0.25, -0.2) is 8.42 Å². The molecule has 8 nitrogen and oxygen atoms in total. The summed E-state index contributed by atoms with van der Waals surface area (Å²) in [5, 5.41) is 4.01. The maximum absolute atomic E-state index is 14.0. The predicted molar refractivity (Wildman–Crippen MR) is 163 cm³/mol. The van der Waals surface area contributed by atoms with Crippen LogP contribution in [0.1, 0.15) is 32.8 Å². The zero-order valence-corrected chi connectivity index (χ0v) is 26.2. The Hall–Kier alpha value is -2.98. The Kier molecular flexibility index (Phi) is 11.3. The van der Waals surface area contributed by atoms with E-state index >= 15 is 0 Å². The number of carbonyl (C=O) groups excluding carboxylic acids is 2. The van der Waals surface area contributed by atoms with E-state index in [1.165, 1.54) is 60.5 Å². The quantitative estimate of drug-likeness (QED) is 0.255. The summed E-state index contributed by atoms with van der Waals surface area (Å²) in [5.41, 5.74) is 0.767. The number of benzene rings is 3. The third-order valence-corrected chi connectivity index (χ3v) is 9.19. The molecule has 3 aromatic rings. The zero-order chi connectivity index (χ0) is 30.3. The summed E-state index contributed by atoms with van der Waals surface area (Å²) in [6, 6.07) is 15.7. The molecule has 0 unspecified atom stereocenters. The summed E-state index contributed by atoms with van der Waals surface area (Å²) >= 11 is 18.5. The van der Waals surface area contributed by atoms with Crippen LogP contribution in [0.2, 0.25) is 15.1 Å². The standard InChI is InChI=1S/C29H32Cl3N3O5S/c1-5-19(2)33-29(37)20(3)34(17-21-6-7-23(31)16-27(21)32)28(36)18-35(24-10-8-22(30)9-11-24)41(38,39)26-14-12-25(40-4)13-15-26/h6-16,19-20H,5,17-18H2,1-4H3,(H,33,37)/t19-,20-/m0/s1. The van der Waals surface area contributed by atoms with Crippen LogP contribution in [0, 0.1) is 0 Å². The van der Waals surface area contributed by atoms with Crippen molar-refractivity contribution in [1.82, 2.24) is 10.2 Å². The fourth-order valence-electron chi connectivity index (χ4n) is 3.89. The lowest BCUT2D eigenvalue weighted by molar-refractivity contribution is -0.139. The van der Waals surface area contributed by atoms with Gasteiger partial charge >= 0.3 is 0 Å². The van der Waals surface area contributed by atoms with Gasteiger partial charge in [0.2, 0.25) is 11.8 Å². The number of amides is 2. The van der Waals surface area contributed by atoms with Crippen molar-refractivity contribution in [2.75, 3.05) is 18.0 Å². The Morgan fingerprint density at radius 1 is 0.927 bits per heavy atom. The van der Waals surface area contributed by atoms with Crippen LogP contribution in [-0.2, 0) is 26.2 Å². The maximum atomic E-state index is 14.0. The van der Waals surface area contributed by atoms with E-state index in [1.807, 2.05) is 13.8 Å². The van der Waals surface area contributed by atoms with E-state index < -0.39 is 28.5 Å². The summed E-state index contributed by atoms with van der Waals surface area (Å²) in [6.07, 6.45) is 0.694. The lowest BCUT2D eigenvalue weighted by Gasteiger charge is -2.32. The summed E-state index contributed by atoms with van der Waals surface area (Å²) in [5.74, 6) is -0.520. The largest absolute Gasteiger partial charge is 0.497 e. The number of carbonyl (C=O) groups is 2. The van der Waals surface area contributed by atoms with Crippen molar-refractivity contribution in [1.29, 1.82) is 0 Å². The number of halogens is 3. The van der Waals surface area contributed by atoms with Crippen LogP contribution < -0.4 is 14.4 Å². The average molecular weight is 641 g/mol. The fourth-order valence-corrected chi connectivity index (χ4v) is 5.90. The van der Waals surface area contributed by atoms with Gasteiger partial charge < -0.3 is 15.0 Å². The molecule has 0 bridgehead atoms. The van der Waals surface area contributed by atoms with E-state index in [4.69, 9.17) is 39.5 Å². The minimum Gasteiger partial charge on any atom is -0.497 e. The molecule has 3 aromatic carbocycles. The highest BCUT2D eigenvalue weighted by molar-refractivity contribution is 7.92. The maximum Gasteiger partial charge on any atom is 0.264 e. The highest BCUT2D eigenvalue weighted by Crippen LogP contribution is 2.28. The van der Waals surface area contributed by atoms with Gasteiger partial charge in [-0.2, -0.15) is 0 Å². The average Bonchev–Trinajstić information content (AvgIpc) is 2.95. The van der Waals surface area contributed by atoms with Gasteiger partial charge in [-0.05, 0) is 86.5 Å². The smallest absolute Gasteiger partial charge is 0.264 e. The number of nitrogens with zero attached hydrogens (tertiary/aromatic N) is 2. The molecule has 2 atom stereocenters. The molecule has 0 fully saturated rings. The van der Waals surface area contributed by atoms with Gasteiger partial charge in [0, 0.05) is 27.7 Å². The summed E-state index contributed by atoms with van der Waals surface area (Å²) in [6.45, 7) is 4.73. The monoisotopic (exact) mass is 639 g/mol. The molecule has 3 rings (SSSR count). The SMILES string of the molecule is CC[C@H](C)NC(=O)[C@H](C)N(Cc1ccc(Cl)cc1Cl)C(=O)CN(c1ccc(Cl)cc1)S(=O)(=O)c1ccc(OC)cc1. The van der Waals surface area contributed by atoms with Crippen molar-refractivity contribution in [3.63, 3.8) is 0 Å². The molecule has 12 heteroatoms. The highest BCUT2D eigenvalue weighted by atomic mass is 35.5. The Labute approximate surface area is 256 Å². The molecule has 0 saturated heterocycles. The van der Waals surface area contributed by atoms with Crippen molar-refractivity contribution in [3.8, 4) is 5.75 Å². The lowest BCUT2D eigenvalue weighted by atomic mass is 10.1. The lowest BCUT2D eigenvalue weighted by Crippen LogP contribution is -2.52. The minimum atomic E-state index is -4.23. The number of nitrogens with one attached hydrogen (secondary N) is 1. The second kappa shape index (κ2) is 14.3. The van der Waals surface area contributed by atoms with Crippen molar-refractivity contribution >= 4 is 62.3 Å². The Morgan fingerprint density at radius 2 is 1.54 bits per heavy atom. The highest BCUT2D eigenvalue weighted by Gasteiger charge is 2.33. The van der Waals surface area contributed by atoms with Gasteiger partial charge in [-0.15, -0.1) is 0 Å². The first-order chi connectivity index (χ1) is 19.4. The van der Waals surface area contributed by atoms with Crippen molar-refractivity contribution in [2.45, 2.75) is 50.7 Å². The summed E-state index contributed by atoms with van der Waals surface area (Å²) in [4.78, 5) is 28.4. The number of anilines is 1. The first-order valence-corrected chi connectivity index (χ1v) is 15.4. The van der Waals surface area contributed by atoms with E-state index in [0.717, 1.165) is 4.31 Å². The van der Waals surface area contributed by atoms with Crippen LogP contribution in [-0.4, -0.2) is 50.9 Å². The van der Waals surface area contributed by atoms with Crippen molar-refractivity contribution in [3.05, 3.63) is 87.4 Å². The van der Waals surface area contributed by atoms with Gasteiger partial charge in [-0.1, -0.05) is 47.8 Å². The van der Waals surface area contributed by atoms with Gasteiger partial charge in [-0.3, -0.25) is 13.9 Å². The number of sulfonamides is 1. The second-order valence-corrected chi connectivity index (χ2v) is 12.6. The Morgan fingerprint density at radius 3 is 2.10 bits per heavy atom. The molecule has 1 N–H and O–H groups in total. The molecular weight excluding hydrogens is 609 g/mol. The first kappa shape index (κ1) is 32.5. The zero-order valence-electron chi connectivity index (χ0n) is 23.1. The number of hydrogen-bond acceptors (Lipinski definition) is 5. The van der Waals surface area contributed by atoms with Crippen LogP contribution in [0.5, 0.6) is 5.75 Å². The molecule has 2 amide bonds. The van der Waals surface area contributed by atoms with Crippen LogP contribution >= 0.6 is 34.8 Å². The Balaban J connectivity index is 2.04. The van der Waals surface area contributed by atoms with Crippen molar-refractivity contribution < 1.29 is 22.7 Å². The van der Waals surface area contributed by atoms with E-state index in [0.29, 0.717) is 32.8 Å². The first-order valence-electron chi connectivity index (χ1n) is 12.8. The third-order valence-electron chi connectivity index (χ3n) is 6.57. The molecular formula is C29H32Cl3N3O5S. The molecule has 0 aliphatic rings. The van der Waals surface area contributed by atoms with Crippen LogP contribution in [0.25, 0.3) is 0 Å². The molecule has 220 valence electrons. The van der Waals surface area contributed by atoms with E-state index in [9.17, 15) is 18.0 Å². The normalized spacial score (nSPS) is 12.8. The molecule has 0 aromatic heterocycles. The number of rotatable bonds is 12. The molecule has 0 heterocycles. The Bertz CT molecular complexity index is 1470. The minimum absolute atomic E-state index is 0.0455. The van der Waals surface area contributed by atoms with Gasteiger partial charge in [0.25, 0.3) is 10.0 Å². The van der Waals surface area contributed by atoms with E-state index in [2.05, 4.69) is 5.32 Å². The summed E-state index contributed by atoms with van der Waals surface area (Å²) in [7, 11) is -2.76. The number of methoxy groups -OCH3 is 1. The van der Waals surface area contributed by atoms with Gasteiger partial charge in [0.05, 0.1) is 17.7 Å². The molecule has 0 saturated carbocycles. The molecule has 0 aliphatic carbocycles. The van der Waals surface area contributed by atoms with Crippen LogP contribution in [0.4, 0.5) is 5.69 Å². The third kappa shape index (κ3) is 8.29. The van der Waals surface area contributed by atoms with Crippen LogP contribution in [0.15, 0.2) is 71.6 Å². The number of ether oxygens (including phenoxy) is 1. The fraction of sp³-hybridized carbons (Fsp3) is 0.310. The predicted octanol–water partition coefficient (Wildman–Crippen LogP) is 6.18. The van der Waals surface area contributed by atoms with Crippen molar-refractivity contribution in [2.24, 2.45) is 0 Å².